The molecule has 0 amide bonds. The second-order valence-corrected chi connectivity index (χ2v) is 4.65. The van der Waals surface area contributed by atoms with Gasteiger partial charge in [-0.3, -0.25) is 4.90 Å². The second-order valence-electron chi connectivity index (χ2n) is 4.65. The zero-order chi connectivity index (χ0) is 12.4. The number of nitrogens with two attached hydrogens (primary N) is 1. The summed E-state index contributed by atoms with van der Waals surface area (Å²) in [6, 6.07) is 4.70. The van der Waals surface area contributed by atoms with Crippen LogP contribution in [0.5, 0.6) is 5.75 Å². The molecule has 3 nitrogen and oxygen atoms in total. The molecule has 0 saturated carbocycles. The van der Waals surface area contributed by atoms with Crippen LogP contribution in [0.15, 0.2) is 18.2 Å². The molecule has 4 heteroatoms. The summed E-state index contributed by atoms with van der Waals surface area (Å²) < 4.78 is 13.8. The summed E-state index contributed by atoms with van der Waals surface area (Å²) >= 11 is 0. The number of phenolic OH excluding ortho intramolecular Hbond substituents is 1. The highest BCUT2D eigenvalue weighted by Crippen LogP contribution is 2.31. The van der Waals surface area contributed by atoms with Crippen molar-refractivity contribution in [3.05, 3.63) is 29.6 Å². The highest BCUT2D eigenvalue weighted by Gasteiger charge is 2.29. The van der Waals surface area contributed by atoms with Gasteiger partial charge in [0.05, 0.1) is 0 Å². The van der Waals surface area contributed by atoms with E-state index in [2.05, 4.69) is 4.90 Å². The topological polar surface area (TPSA) is 49.5 Å². The average molecular weight is 238 g/mol. The smallest absolute Gasteiger partial charge is 0.131 e. The van der Waals surface area contributed by atoms with Gasteiger partial charge in [0.15, 0.2) is 0 Å². The highest BCUT2D eigenvalue weighted by molar-refractivity contribution is 5.29. The van der Waals surface area contributed by atoms with Crippen molar-refractivity contribution in [2.45, 2.75) is 31.8 Å². The molecule has 1 aliphatic rings. The van der Waals surface area contributed by atoms with E-state index in [0.29, 0.717) is 18.2 Å². The van der Waals surface area contributed by atoms with E-state index >= 15 is 0 Å². The SMILES string of the molecule is CC(c1ccc(O)cc1F)N1CCCC1CN. The van der Waals surface area contributed by atoms with Gasteiger partial charge in [-0.15, -0.1) is 0 Å². The number of halogens is 1. The van der Waals surface area contributed by atoms with Crippen molar-refractivity contribution in [2.75, 3.05) is 13.1 Å². The summed E-state index contributed by atoms with van der Waals surface area (Å²) in [5, 5.41) is 9.21. The summed E-state index contributed by atoms with van der Waals surface area (Å²) in [6.07, 6.45) is 2.20. The van der Waals surface area contributed by atoms with E-state index in [9.17, 15) is 9.50 Å². The summed E-state index contributed by atoms with van der Waals surface area (Å²) in [5.41, 5.74) is 6.35. The van der Waals surface area contributed by atoms with Gasteiger partial charge in [-0.05, 0) is 32.4 Å². The standard InChI is InChI=1S/C13H19FN2O/c1-9(16-6-2-3-10(16)8-15)12-5-4-11(17)7-13(12)14/h4-5,7,9-10,17H,2-3,6,8,15H2,1H3. The molecule has 17 heavy (non-hydrogen) atoms. The van der Waals surface area contributed by atoms with Gasteiger partial charge < -0.3 is 10.8 Å². The molecule has 1 aromatic rings. The Morgan fingerprint density at radius 2 is 2.35 bits per heavy atom. The Morgan fingerprint density at radius 3 is 3.00 bits per heavy atom. The van der Waals surface area contributed by atoms with Crippen molar-refractivity contribution in [1.29, 1.82) is 0 Å². The van der Waals surface area contributed by atoms with Crippen LogP contribution in [0, 0.1) is 5.82 Å². The predicted octanol–water partition coefficient (Wildman–Crippen LogP) is 2.02. The third-order valence-corrected chi connectivity index (χ3v) is 3.63. The molecule has 2 rings (SSSR count). The Hall–Kier alpha value is -1.13. The first-order chi connectivity index (χ1) is 8.13. The van der Waals surface area contributed by atoms with Gasteiger partial charge in [-0.25, -0.2) is 4.39 Å². The molecule has 3 N–H and O–H groups in total. The maximum absolute atomic E-state index is 13.8. The first-order valence-electron chi connectivity index (χ1n) is 6.07. The molecule has 1 saturated heterocycles. The molecule has 94 valence electrons. The minimum Gasteiger partial charge on any atom is -0.508 e. The lowest BCUT2D eigenvalue weighted by Crippen LogP contribution is -2.37. The lowest BCUT2D eigenvalue weighted by atomic mass is 10.0. The van der Waals surface area contributed by atoms with Crippen LogP contribution in [-0.4, -0.2) is 29.1 Å². The number of phenols is 1. The summed E-state index contributed by atoms with van der Waals surface area (Å²) in [4.78, 5) is 2.25. The van der Waals surface area contributed by atoms with Gasteiger partial charge in [-0.1, -0.05) is 6.07 Å². The third kappa shape index (κ3) is 2.42. The fraction of sp³-hybridized carbons (Fsp3) is 0.538. The van der Waals surface area contributed by atoms with Gasteiger partial charge in [-0.2, -0.15) is 0 Å². The Morgan fingerprint density at radius 1 is 1.59 bits per heavy atom. The maximum atomic E-state index is 13.8. The van der Waals surface area contributed by atoms with Crippen LogP contribution in [0.4, 0.5) is 4.39 Å². The van der Waals surface area contributed by atoms with Gasteiger partial charge in [0.25, 0.3) is 0 Å². The number of hydrogen-bond acceptors (Lipinski definition) is 3. The van der Waals surface area contributed by atoms with Crippen LogP contribution in [0.1, 0.15) is 31.4 Å². The maximum Gasteiger partial charge on any atom is 0.131 e. The lowest BCUT2D eigenvalue weighted by molar-refractivity contribution is 0.193. The zero-order valence-electron chi connectivity index (χ0n) is 10.1. The van der Waals surface area contributed by atoms with Crippen LogP contribution in [0.3, 0.4) is 0 Å². The number of likely N-dealkylation sites (tertiary alicyclic amines) is 1. The van der Waals surface area contributed by atoms with E-state index in [1.807, 2.05) is 6.92 Å². The molecule has 1 aliphatic heterocycles. The van der Waals surface area contributed by atoms with E-state index in [-0.39, 0.29) is 17.6 Å². The Balaban J connectivity index is 2.21. The van der Waals surface area contributed by atoms with Crippen molar-refractivity contribution in [3.63, 3.8) is 0 Å². The van der Waals surface area contributed by atoms with Crippen molar-refractivity contribution >= 4 is 0 Å². The molecule has 0 spiro atoms. The van der Waals surface area contributed by atoms with E-state index in [1.165, 1.54) is 12.1 Å². The minimum atomic E-state index is -0.347. The van der Waals surface area contributed by atoms with Crippen LogP contribution in [0.2, 0.25) is 0 Å². The summed E-state index contributed by atoms with van der Waals surface area (Å²) in [6.45, 7) is 3.57. The average Bonchev–Trinajstić information content (AvgIpc) is 2.76. The monoisotopic (exact) mass is 238 g/mol. The Labute approximate surface area is 101 Å². The number of benzene rings is 1. The molecular formula is C13H19FN2O. The van der Waals surface area contributed by atoms with Crippen LogP contribution < -0.4 is 5.73 Å². The first kappa shape index (κ1) is 12.3. The molecule has 2 unspecified atom stereocenters. The summed E-state index contributed by atoms with van der Waals surface area (Å²) in [7, 11) is 0. The van der Waals surface area contributed by atoms with E-state index in [1.54, 1.807) is 6.07 Å². The fourth-order valence-electron chi connectivity index (χ4n) is 2.65. The van der Waals surface area contributed by atoms with E-state index in [4.69, 9.17) is 5.73 Å². The molecule has 0 aromatic heterocycles. The summed E-state index contributed by atoms with van der Waals surface area (Å²) in [5.74, 6) is -0.379. The Kier molecular flexibility index (Phi) is 3.64. The quantitative estimate of drug-likeness (QED) is 0.847. The first-order valence-corrected chi connectivity index (χ1v) is 6.07. The number of nitrogens with zero attached hydrogens (tertiary/aromatic N) is 1. The lowest BCUT2D eigenvalue weighted by Gasteiger charge is -2.30. The molecule has 1 fully saturated rings. The molecule has 1 aromatic carbocycles. The van der Waals surface area contributed by atoms with E-state index in [0.717, 1.165) is 19.4 Å². The normalized spacial score (nSPS) is 22.9. The Bertz CT molecular complexity index is 397. The van der Waals surface area contributed by atoms with E-state index < -0.39 is 0 Å². The zero-order valence-corrected chi connectivity index (χ0v) is 10.1. The largest absolute Gasteiger partial charge is 0.508 e. The van der Waals surface area contributed by atoms with Gasteiger partial charge in [0.1, 0.15) is 11.6 Å². The van der Waals surface area contributed by atoms with Crippen LogP contribution in [-0.2, 0) is 0 Å². The van der Waals surface area contributed by atoms with Gasteiger partial charge in [0, 0.05) is 30.3 Å². The van der Waals surface area contributed by atoms with Crippen molar-refractivity contribution in [3.8, 4) is 5.75 Å². The van der Waals surface area contributed by atoms with Crippen LogP contribution in [0.25, 0.3) is 0 Å². The molecule has 2 atom stereocenters. The van der Waals surface area contributed by atoms with Gasteiger partial charge in [0.2, 0.25) is 0 Å². The molecule has 0 bridgehead atoms. The molecular weight excluding hydrogens is 219 g/mol. The van der Waals surface area contributed by atoms with Crippen molar-refractivity contribution in [1.82, 2.24) is 4.90 Å². The highest BCUT2D eigenvalue weighted by atomic mass is 19.1. The molecule has 1 heterocycles. The fourth-order valence-corrected chi connectivity index (χ4v) is 2.65. The number of hydrogen-bond donors (Lipinski definition) is 2. The number of aromatic hydroxyl groups is 1. The minimum absolute atomic E-state index is 0.00616. The molecule has 0 aliphatic carbocycles. The van der Waals surface area contributed by atoms with Gasteiger partial charge >= 0.3 is 0 Å². The predicted molar refractivity (Wildman–Crippen MR) is 65.3 cm³/mol. The number of rotatable bonds is 3. The van der Waals surface area contributed by atoms with Crippen molar-refractivity contribution < 1.29 is 9.50 Å². The second kappa shape index (κ2) is 5.02. The molecule has 0 radical (unpaired) electrons. The van der Waals surface area contributed by atoms with Crippen molar-refractivity contribution in [2.24, 2.45) is 5.73 Å². The third-order valence-electron chi connectivity index (χ3n) is 3.63. The van der Waals surface area contributed by atoms with Crippen LogP contribution >= 0.6 is 0 Å².